The van der Waals surface area contributed by atoms with Crippen LogP contribution in [0.15, 0.2) is 72.1 Å². The predicted molar refractivity (Wildman–Crippen MR) is 125 cm³/mol. The maximum Gasteiger partial charge on any atom is 0.254 e. The highest BCUT2D eigenvalue weighted by molar-refractivity contribution is 6.42. The van der Waals surface area contributed by atoms with Gasteiger partial charge in [0.15, 0.2) is 0 Å². The van der Waals surface area contributed by atoms with E-state index in [0.717, 1.165) is 29.2 Å². The Hall–Kier alpha value is -2.96. The van der Waals surface area contributed by atoms with Gasteiger partial charge in [0.1, 0.15) is 23.7 Å². The molecule has 0 bridgehead atoms. The van der Waals surface area contributed by atoms with Crippen molar-refractivity contribution in [3.63, 3.8) is 0 Å². The number of nitrogens with one attached hydrogen (secondary N) is 1. The van der Waals surface area contributed by atoms with Crippen LogP contribution in [-0.2, 0) is 4.79 Å². The Morgan fingerprint density at radius 2 is 1.94 bits per heavy atom. The fourth-order valence-electron chi connectivity index (χ4n) is 4.34. The van der Waals surface area contributed by atoms with Gasteiger partial charge in [0, 0.05) is 24.7 Å². The lowest BCUT2D eigenvalue weighted by Gasteiger charge is -2.32. The molecule has 0 radical (unpaired) electrons. The number of amides is 1. The summed E-state index contributed by atoms with van der Waals surface area (Å²) in [5.41, 5.74) is 2.29. The van der Waals surface area contributed by atoms with Crippen LogP contribution in [0.2, 0.25) is 10.0 Å². The molecule has 3 aromatic rings. The van der Waals surface area contributed by atoms with Crippen LogP contribution in [-0.4, -0.2) is 39.8 Å². The Balaban J connectivity index is 1.44. The minimum absolute atomic E-state index is 0.0358. The van der Waals surface area contributed by atoms with Crippen molar-refractivity contribution in [3.8, 4) is 5.75 Å². The zero-order valence-electron chi connectivity index (χ0n) is 17.5. The van der Waals surface area contributed by atoms with Gasteiger partial charge in [-0.05, 0) is 36.8 Å². The summed E-state index contributed by atoms with van der Waals surface area (Å²) in [5, 5.41) is 8.71. The van der Waals surface area contributed by atoms with E-state index in [1.807, 2.05) is 59.0 Å². The van der Waals surface area contributed by atoms with E-state index in [1.165, 1.54) is 0 Å². The van der Waals surface area contributed by atoms with Gasteiger partial charge in [-0.2, -0.15) is 5.10 Å². The third kappa shape index (κ3) is 3.85. The zero-order valence-corrected chi connectivity index (χ0v) is 19.0. The molecule has 164 valence electrons. The van der Waals surface area contributed by atoms with Gasteiger partial charge in [-0.25, -0.2) is 4.68 Å². The fraction of sp³-hybridized carbons (Fsp3) is 0.250. The average molecular weight is 469 g/mol. The van der Waals surface area contributed by atoms with Crippen molar-refractivity contribution < 1.29 is 9.53 Å². The van der Waals surface area contributed by atoms with E-state index in [0.29, 0.717) is 28.7 Å². The molecular weight excluding hydrogens is 447 g/mol. The van der Waals surface area contributed by atoms with E-state index in [1.54, 1.807) is 18.3 Å². The molecule has 5 rings (SSSR count). The van der Waals surface area contributed by atoms with E-state index in [9.17, 15) is 4.79 Å². The first kappa shape index (κ1) is 20.9. The van der Waals surface area contributed by atoms with Crippen molar-refractivity contribution in [3.05, 3.63) is 87.7 Å². The SMILES string of the molecule is CC1=C(C(=O)N2CCC(Oc3ccccc3)C2)C(c2ccc(Cl)c(Cl)c2)n2nccc2N1. The Kier molecular flexibility index (Phi) is 5.57. The number of carbonyl (C=O) groups is 1. The molecule has 1 fully saturated rings. The van der Waals surface area contributed by atoms with Crippen LogP contribution in [0.4, 0.5) is 5.82 Å². The lowest BCUT2D eigenvalue weighted by Crippen LogP contribution is -2.38. The molecule has 2 unspecified atom stereocenters. The summed E-state index contributed by atoms with van der Waals surface area (Å²) in [6, 6.07) is 16.6. The molecule has 1 saturated heterocycles. The van der Waals surface area contributed by atoms with Gasteiger partial charge >= 0.3 is 0 Å². The van der Waals surface area contributed by atoms with E-state index in [2.05, 4.69) is 10.4 Å². The molecule has 8 heteroatoms. The van der Waals surface area contributed by atoms with E-state index < -0.39 is 6.04 Å². The molecule has 0 spiro atoms. The first-order valence-electron chi connectivity index (χ1n) is 10.5. The van der Waals surface area contributed by atoms with Gasteiger partial charge < -0.3 is 15.0 Å². The van der Waals surface area contributed by atoms with Crippen LogP contribution in [0.3, 0.4) is 0 Å². The predicted octanol–water partition coefficient (Wildman–Crippen LogP) is 5.16. The van der Waals surface area contributed by atoms with Crippen LogP contribution in [0.25, 0.3) is 0 Å². The highest BCUT2D eigenvalue weighted by Crippen LogP contribution is 2.38. The highest BCUT2D eigenvalue weighted by Gasteiger charge is 2.37. The van der Waals surface area contributed by atoms with Gasteiger partial charge in [-0.15, -0.1) is 0 Å². The van der Waals surface area contributed by atoms with Gasteiger partial charge in [-0.1, -0.05) is 47.5 Å². The smallest absolute Gasteiger partial charge is 0.254 e. The number of halogens is 2. The molecule has 2 aliphatic heterocycles. The number of hydrogen-bond acceptors (Lipinski definition) is 4. The zero-order chi connectivity index (χ0) is 22.2. The van der Waals surface area contributed by atoms with E-state index >= 15 is 0 Å². The molecule has 1 amide bonds. The maximum atomic E-state index is 13.7. The van der Waals surface area contributed by atoms with Crippen LogP contribution < -0.4 is 10.1 Å². The summed E-state index contributed by atoms with van der Waals surface area (Å²) < 4.78 is 7.89. The summed E-state index contributed by atoms with van der Waals surface area (Å²) in [6.07, 6.45) is 2.46. The lowest BCUT2D eigenvalue weighted by atomic mass is 9.94. The molecule has 32 heavy (non-hydrogen) atoms. The quantitative estimate of drug-likeness (QED) is 0.574. The van der Waals surface area contributed by atoms with Crippen LogP contribution >= 0.6 is 23.2 Å². The molecule has 2 aromatic carbocycles. The summed E-state index contributed by atoms with van der Waals surface area (Å²) in [6.45, 7) is 3.08. The maximum absolute atomic E-state index is 13.7. The molecular formula is C24H22Cl2N4O2. The van der Waals surface area contributed by atoms with Crippen molar-refractivity contribution in [2.24, 2.45) is 0 Å². The third-order valence-electron chi connectivity index (χ3n) is 5.88. The molecule has 3 heterocycles. The number of likely N-dealkylation sites (tertiary alicyclic amines) is 1. The number of allylic oxidation sites excluding steroid dienone is 1. The monoisotopic (exact) mass is 468 g/mol. The number of ether oxygens (including phenoxy) is 1. The minimum atomic E-state index is -0.405. The number of rotatable bonds is 4. The second-order valence-electron chi connectivity index (χ2n) is 7.99. The van der Waals surface area contributed by atoms with Crippen molar-refractivity contribution in [2.75, 3.05) is 18.4 Å². The number of para-hydroxylation sites is 1. The van der Waals surface area contributed by atoms with E-state index in [-0.39, 0.29) is 12.0 Å². The minimum Gasteiger partial charge on any atom is -0.489 e. The number of nitrogens with zero attached hydrogens (tertiary/aromatic N) is 3. The first-order valence-corrected chi connectivity index (χ1v) is 11.2. The number of anilines is 1. The second-order valence-corrected chi connectivity index (χ2v) is 8.81. The van der Waals surface area contributed by atoms with Gasteiger partial charge in [0.2, 0.25) is 0 Å². The summed E-state index contributed by atoms with van der Waals surface area (Å²) in [5.74, 6) is 1.60. The Labute approximate surface area is 196 Å². The van der Waals surface area contributed by atoms with Crippen LogP contribution in [0.5, 0.6) is 5.75 Å². The third-order valence-corrected chi connectivity index (χ3v) is 6.61. The van der Waals surface area contributed by atoms with Crippen LogP contribution in [0.1, 0.15) is 24.9 Å². The number of fused-ring (bicyclic) bond motifs is 1. The Bertz CT molecular complexity index is 1190. The van der Waals surface area contributed by atoms with Gasteiger partial charge in [0.05, 0.1) is 28.4 Å². The Morgan fingerprint density at radius 1 is 1.12 bits per heavy atom. The molecule has 1 N–H and O–H groups in total. The van der Waals surface area contributed by atoms with Crippen LogP contribution in [0, 0.1) is 0 Å². The van der Waals surface area contributed by atoms with Crippen molar-refractivity contribution in [1.29, 1.82) is 0 Å². The number of aromatic nitrogens is 2. The standard InChI is InChI=1S/C24H22Cl2N4O2/c1-15-22(24(31)29-12-10-18(14-29)32-17-5-3-2-4-6-17)23(30-21(28-15)9-11-27-30)16-7-8-19(25)20(26)13-16/h2-9,11,13,18,23,28H,10,12,14H2,1H3. The number of benzene rings is 2. The largest absolute Gasteiger partial charge is 0.489 e. The molecule has 1 aromatic heterocycles. The summed E-state index contributed by atoms with van der Waals surface area (Å²) in [4.78, 5) is 15.6. The normalized spacial score (nSPS) is 20.2. The number of hydrogen-bond donors (Lipinski definition) is 1. The van der Waals surface area contributed by atoms with E-state index in [4.69, 9.17) is 27.9 Å². The van der Waals surface area contributed by atoms with Crippen molar-refractivity contribution in [2.45, 2.75) is 25.5 Å². The molecule has 0 saturated carbocycles. The van der Waals surface area contributed by atoms with Gasteiger partial charge in [-0.3, -0.25) is 4.79 Å². The van der Waals surface area contributed by atoms with Crippen molar-refractivity contribution >= 4 is 34.9 Å². The fourth-order valence-corrected chi connectivity index (χ4v) is 4.65. The molecule has 0 aliphatic carbocycles. The number of carbonyl (C=O) groups excluding carboxylic acids is 1. The summed E-state index contributed by atoms with van der Waals surface area (Å²) in [7, 11) is 0. The second kappa shape index (κ2) is 8.52. The first-order chi connectivity index (χ1) is 15.5. The Morgan fingerprint density at radius 3 is 2.72 bits per heavy atom. The topological polar surface area (TPSA) is 59.4 Å². The molecule has 2 atom stereocenters. The highest BCUT2D eigenvalue weighted by atomic mass is 35.5. The van der Waals surface area contributed by atoms with Gasteiger partial charge in [0.25, 0.3) is 5.91 Å². The lowest BCUT2D eigenvalue weighted by molar-refractivity contribution is -0.126. The molecule has 2 aliphatic rings. The average Bonchev–Trinajstić information content (AvgIpc) is 3.44. The van der Waals surface area contributed by atoms with Crippen molar-refractivity contribution in [1.82, 2.24) is 14.7 Å². The summed E-state index contributed by atoms with van der Waals surface area (Å²) >= 11 is 12.5. The molecule has 6 nitrogen and oxygen atoms in total.